The number of aromatic amines is 1. The first kappa shape index (κ1) is 26.7. The Morgan fingerprint density at radius 1 is 1.09 bits per heavy atom. The Balaban J connectivity index is 1.83. The van der Waals surface area contributed by atoms with Crippen LogP contribution in [0.25, 0.3) is 10.9 Å². The van der Waals surface area contributed by atoms with Crippen molar-refractivity contribution in [3.05, 3.63) is 36.0 Å². The van der Waals surface area contributed by atoms with Crippen molar-refractivity contribution in [1.29, 1.82) is 0 Å². The Morgan fingerprint density at radius 2 is 1.79 bits per heavy atom. The molecule has 2 atom stereocenters. The summed E-state index contributed by atoms with van der Waals surface area (Å²) in [6.07, 6.45) is 1.97. The highest BCUT2D eigenvalue weighted by atomic mass is 16.6. The fourth-order valence-corrected chi connectivity index (χ4v) is 3.29. The second kappa shape index (κ2) is 12.1. The highest BCUT2D eigenvalue weighted by Gasteiger charge is 2.26. The van der Waals surface area contributed by atoms with E-state index >= 15 is 0 Å². The largest absolute Gasteiger partial charge is 0.467 e. The van der Waals surface area contributed by atoms with Crippen LogP contribution in [0.15, 0.2) is 30.5 Å². The minimum atomic E-state index is -0.908. The number of hydrogen-bond donors (Lipinski definition) is 4. The predicted octanol–water partition coefficient (Wildman–Crippen LogP) is 2.18. The Bertz CT molecular complexity index is 1010. The fraction of sp³-hybridized carbons (Fsp3) is 0.500. The van der Waals surface area contributed by atoms with Crippen LogP contribution in [0, 0.1) is 0 Å². The van der Waals surface area contributed by atoms with Gasteiger partial charge in [0.1, 0.15) is 17.7 Å². The van der Waals surface area contributed by atoms with Gasteiger partial charge >= 0.3 is 12.1 Å². The number of benzene rings is 1. The molecule has 186 valence electrons. The van der Waals surface area contributed by atoms with E-state index < -0.39 is 35.7 Å². The van der Waals surface area contributed by atoms with E-state index in [4.69, 9.17) is 9.47 Å². The van der Waals surface area contributed by atoms with Crippen molar-refractivity contribution >= 4 is 34.8 Å². The van der Waals surface area contributed by atoms with Crippen molar-refractivity contribution in [2.45, 2.75) is 64.6 Å². The topological polar surface area (TPSA) is 139 Å². The minimum absolute atomic E-state index is 0.114. The van der Waals surface area contributed by atoms with Crippen LogP contribution in [-0.2, 0) is 30.3 Å². The maximum Gasteiger partial charge on any atom is 0.407 e. The Morgan fingerprint density at radius 3 is 2.47 bits per heavy atom. The molecule has 10 nitrogen and oxygen atoms in total. The zero-order valence-corrected chi connectivity index (χ0v) is 20.3. The van der Waals surface area contributed by atoms with E-state index in [9.17, 15) is 19.2 Å². The molecule has 0 fully saturated rings. The van der Waals surface area contributed by atoms with Crippen molar-refractivity contribution in [2.24, 2.45) is 0 Å². The fourth-order valence-electron chi connectivity index (χ4n) is 3.29. The predicted molar refractivity (Wildman–Crippen MR) is 127 cm³/mol. The number of ether oxygens (including phenoxy) is 2. The molecule has 1 aromatic carbocycles. The normalized spacial score (nSPS) is 13.0. The minimum Gasteiger partial charge on any atom is -0.467 e. The molecule has 1 heterocycles. The molecule has 0 aliphatic heterocycles. The number of esters is 1. The molecule has 0 saturated heterocycles. The number of rotatable bonds is 10. The number of para-hydroxylation sites is 1. The van der Waals surface area contributed by atoms with Crippen LogP contribution in [0.1, 0.15) is 46.1 Å². The quantitative estimate of drug-likeness (QED) is 0.308. The summed E-state index contributed by atoms with van der Waals surface area (Å²) in [5.41, 5.74) is 1.19. The summed E-state index contributed by atoms with van der Waals surface area (Å²) < 4.78 is 9.98. The smallest absolute Gasteiger partial charge is 0.407 e. The van der Waals surface area contributed by atoms with Crippen LogP contribution >= 0.6 is 0 Å². The summed E-state index contributed by atoms with van der Waals surface area (Å²) in [5.74, 6) is -1.43. The third kappa shape index (κ3) is 8.42. The van der Waals surface area contributed by atoms with Crippen molar-refractivity contribution in [3.8, 4) is 0 Å². The third-order valence-corrected chi connectivity index (χ3v) is 4.92. The molecule has 0 spiro atoms. The van der Waals surface area contributed by atoms with E-state index in [1.54, 1.807) is 27.0 Å². The molecule has 0 bridgehead atoms. The molecular weight excluding hydrogens is 440 g/mol. The number of nitrogens with one attached hydrogen (secondary N) is 4. The molecule has 0 unspecified atom stereocenters. The van der Waals surface area contributed by atoms with Gasteiger partial charge in [-0.05, 0) is 45.7 Å². The van der Waals surface area contributed by atoms with E-state index in [0.717, 1.165) is 16.5 Å². The van der Waals surface area contributed by atoms with Gasteiger partial charge in [-0.1, -0.05) is 18.2 Å². The Kier molecular flexibility index (Phi) is 9.47. The maximum atomic E-state index is 12.6. The van der Waals surface area contributed by atoms with E-state index in [-0.39, 0.29) is 25.3 Å². The molecule has 2 aromatic rings. The summed E-state index contributed by atoms with van der Waals surface area (Å²) in [6.45, 7) is 7.08. The first-order valence-electron chi connectivity index (χ1n) is 11.2. The lowest BCUT2D eigenvalue weighted by atomic mass is 10.0. The van der Waals surface area contributed by atoms with Crippen molar-refractivity contribution < 1.29 is 28.7 Å². The number of methoxy groups -OCH3 is 1. The van der Waals surface area contributed by atoms with E-state index in [2.05, 4.69) is 20.9 Å². The van der Waals surface area contributed by atoms with Crippen LogP contribution in [0.2, 0.25) is 0 Å². The lowest BCUT2D eigenvalue weighted by Crippen LogP contribution is -2.51. The second-order valence-corrected chi connectivity index (χ2v) is 8.97. The molecular formula is C24H34N4O6. The number of alkyl carbamates (subject to hydrolysis) is 1. The lowest BCUT2D eigenvalue weighted by molar-refractivity contribution is -0.145. The zero-order chi connectivity index (χ0) is 25.3. The van der Waals surface area contributed by atoms with Gasteiger partial charge in [-0.2, -0.15) is 0 Å². The number of carbonyl (C=O) groups excluding carboxylic acids is 4. The standard InChI is InChI=1S/C24H34N4O6/c1-15(27-20(29)11-8-12-25-23(32)34-24(2,3)4)21(30)28-19(22(31)33-5)13-16-14-26-18-10-7-6-9-17(16)18/h6-7,9-10,14-15,19,26H,8,11-13H2,1-5H3,(H,25,32)(H,27,29)(H,28,30)/t15-,19-/m0/s1. The molecule has 3 amide bonds. The van der Waals surface area contributed by atoms with E-state index in [1.165, 1.54) is 14.0 Å². The van der Waals surface area contributed by atoms with Crippen molar-refractivity contribution in [2.75, 3.05) is 13.7 Å². The SMILES string of the molecule is COC(=O)[C@H](Cc1c[nH]c2ccccc12)NC(=O)[C@H](C)NC(=O)CCCNC(=O)OC(C)(C)C. The van der Waals surface area contributed by atoms with Crippen molar-refractivity contribution in [1.82, 2.24) is 20.9 Å². The number of aromatic nitrogens is 1. The number of carbonyl (C=O) groups is 4. The van der Waals surface area contributed by atoms with Gasteiger partial charge in [-0.3, -0.25) is 9.59 Å². The number of hydrogen-bond acceptors (Lipinski definition) is 6. The van der Waals surface area contributed by atoms with Crippen LogP contribution in [-0.4, -0.2) is 60.2 Å². The lowest BCUT2D eigenvalue weighted by Gasteiger charge is -2.20. The van der Waals surface area contributed by atoms with Gasteiger partial charge in [0.2, 0.25) is 11.8 Å². The second-order valence-electron chi connectivity index (χ2n) is 8.97. The Labute approximate surface area is 199 Å². The molecule has 0 aliphatic carbocycles. The summed E-state index contributed by atoms with van der Waals surface area (Å²) in [6, 6.07) is 5.88. The molecule has 2 rings (SSSR count). The van der Waals surface area contributed by atoms with Gasteiger partial charge in [-0.25, -0.2) is 9.59 Å². The number of H-pyrrole nitrogens is 1. The van der Waals surface area contributed by atoms with Gasteiger partial charge in [0, 0.05) is 36.5 Å². The van der Waals surface area contributed by atoms with Gasteiger partial charge < -0.3 is 30.4 Å². The maximum absolute atomic E-state index is 12.6. The molecule has 1 aromatic heterocycles. The highest BCUT2D eigenvalue weighted by Crippen LogP contribution is 2.19. The van der Waals surface area contributed by atoms with Gasteiger partial charge in [0.05, 0.1) is 7.11 Å². The zero-order valence-electron chi connectivity index (χ0n) is 20.3. The summed E-state index contributed by atoms with van der Waals surface area (Å²) in [4.78, 5) is 51.9. The van der Waals surface area contributed by atoms with Crippen LogP contribution < -0.4 is 16.0 Å². The van der Waals surface area contributed by atoms with Gasteiger partial charge in [-0.15, -0.1) is 0 Å². The first-order chi connectivity index (χ1) is 16.0. The van der Waals surface area contributed by atoms with Crippen LogP contribution in [0.4, 0.5) is 4.79 Å². The van der Waals surface area contributed by atoms with E-state index in [0.29, 0.717) is 6.42 Å². The summed E-state index contributed by atoms with van der Waals surface area (Å²) >= 11 is 0. The summed E-state index contributed by atoms with van der Waals surface area (Å²) in [5, 5.41) is 8.79. The molecule has 34 heavy (non-hydrogen) atoms. The molecule has 4 N–H and O–H groups in total. The number of amides is 3. The highest BCUT2D eigenvalue weighted by molar-refractivity contribution is 5.91. The monoisotopic (exact) mass is 474 g/mol. The average Bonchev–Trinajstić information content (AvgIpc) is 3.17. The molecule has 0 aliphatic rings. The van der Waals surface area contributed by atoms with Crippen LogP contribution in [0.5, 0.6) is 0 Å². The van der Waals surface area contributed by atoms with Crippen LogP contribution in [0.3, 0.4) is 0 Å². The van der Waals surface area contributed by atoms with Gasteiger partial charge in [0.15, 0.2) is 0 Å². The molecule has 0 radical (unpaired) electrons. The molecule has 0 saturated carbocycles. The van der Waals surface area contributed by atoms with E-state index in [1.807, 2.05) is 24.3 Å². The average molecular weight is 475 g/mol. The third-order valence-electron chi connectivity index (χ3n) is 4.92. The van der Waals surface area contributed by atoms with Crippen molar-refractivity contribution in [3.63, 3.8) is 0 Å². The molecule has 10 heteroatoms. The van der Waals surface area contributed by atoms with Gasteiger partial charge in [0.25, 0.3) is 0 Å². The Hall–Kier alpha value is -3.56. The number of fused-ring (bicyclic) bond motifs is 1. The first-order valence-corrected chi connectivity index (χ1v) is 11.2. The summed E-state index contributed by atoms with van der Waals surface area (Å²) in [7, 11) is 1.26.